The van der Waals surface area contributed by atoms with E-state index in [-0.39, 0.29) is 23.5 Å². The number of aliphatic carboxylic acids is 1. The highest BCUT2D eigenvalue weighted by Gasteiger charge is 2.51. The minimum absolute atomic E-state index is 0.0430. The minimum Gasteiger partial charge on any atom is -0.481 e. The normalized spacial score (nSPS) is 29.8. The largest absolute Gasteiger partial charge is 0.481 e. The van der Waals surface area contributed by atoms with Gasteiger partial charge in [-0.15, -0.1) is 0 Å². The maximum atomic E-state index is 12.5. The monoisotopic (exact) mass is 317 g/mol. The highest BCUT2D eigenvalue weighted by Crippen LogP contribution is 2.46. The standard InChI is InChI=1S/C18H23NO4/c1-2-12-5-3-4-6-15(12)16(20)19-14-7-8-23-18(11-14)9-13(10-18)17(21)22/h3-6,13-14H,2,7-11H2,1H3,(H,19,20)(H,21,22). The molecule has 0 radical (unpaired) electrons. The number of hydrogen-bond acceptors (Lipinski definition) is 3. The zero-order chi connectivity index (χ0) is 16.4. The third-order valence-corrected chi connectivity index (χ3v) is 5.06. The van der Waals surface area contributed by atoms with Crippen LogP contribution in [0.3, 0.4) is 0 Å². The van der Waals surface area contributed by atoms with Crippen molar-refractivity contribution >= 4 is 11.9 Å². The van der Waals surface area contributed by atoms with Gasteiger partial charge in [-0.3, -0.25) is 9.59 Å². The first-order chi connectivity index (χ1) is 11.0. The molecule has 1 saturated heterocycles. The number of nitrogens with one attached hydrogen (secondary N) is 1. The summed E-state index contributed by atoms with van der Waals surface area (Å²) in [6.07, 6.45) is 3.42. The fourth-order valence-electron chi connectivity index (χ4n) is 3.76. The quantitative estimate of drug-likeness (QED) is 0.894. The maximum absolute atomic E-state index is 12.5. The maximum Gasteiger partial charge on any atom is 0.306 e. The van der Waals surface area contributed by atoms with Crippen LogP contribution < -0.4 is 5.32 Å². The van der Waals surface area contributed by atoms with Crippen molar-refractivity contribution < 1.29 is 19.4 Å². The Morgan fingerprint density at radius 2 is 2.04 bits per heavy atom. The van der Waals surface area contributed by atoms with Crippen molar-refractivity contribution in [2.24, 2.45) is 5.92 Å². The summed E-state index contributed by atoms with van der Waals surface area (Å²) in [4.78, 5) is 23.5. The van der Waals surface area contributed by atoms with Crippen LogP contribution in [-0.2, 0) is 16.0 Å². The van der Waals surface area contributed by atoms with Crippen molar-refractivity contribution in [1.29, 1.82) is 0 Å². The lowest BCUT2D eigenvalue weighted by molar-refractivity contribution is -0.181. The zero-order valence-corrected chi connectivity index (χ0v) is 13.4. The van der Waals surface area contributed by atoms with Crippen molar-refractivity contribution in [1.82, 2.24) is 5.32 Å². The highest BCUT2D eigenvalue weighted by molar-refractivity contribution is 5.95. The van der Waals surface area contributed by atoms with Gasteiger partial charge in [0.2, 0.25) is 0 Å². The second kappa shape index (κ2) is 6.32. The smallest absolute Gasteiger partial charge is 0.306 e. The Morgan fingerprint density at radius 3 is 2.74 bits per heavy atom. The lowest BCUT2D eigenvalue weighted by Gasteiger charge is -2.50. The van der Waals surface area contributed by atoms with Gasteiger partial charge in [-0.2, -0.15) is 0 Å². The lowest BCUT2D eigenvalue weighted by Crippen LogP contribution is -2.56. The first-order valence-corrected chi connectivity index (χ1v) is 8.28. The molecule has 5 heteroatoms. The molecule has 1 amide bonds. The SMILES string of the molecule is CCc1ccccc1C(=O)NC1CCOC2(C1)CC(C(=O)O)C2. The molecule has 2 N–H and O–H groups in total. The van der Waals surface area contributed by atoms with Crippen LogP contribution in [0.1, 0.15) is 48.5 Å². The van der Waals surface area contributed by atoms with E-state index in [1.54, 1.807) is 0 Å². The van der Waals surface area contributed by atoms with Crippen LogP contribution in [0, 0.1) is 5.92 Å². The number of ether oxygens (including phenoxy) is 1. The van der Waals surface area contributed by atoms with Gasteiger partial charge in [0.25, 0.3) is 5.91 Å². The second-order valence-electron chi connectivity index (χ2n) is 6.65. The number of carboxylic acids is 1. The van der Waals surface area contributed by atoms with Gasteiger partial charge >= 0.3 is 5.97 Å². The number of benzene rings is 1. The number of carboxylic acid groups (broad SMARTS) is 1. The third kappa shape index (κ3) is 3.24. The highest BCUT2D eigenvalue weighted by atomic mass is 16.5. The van der Waals surface area contributed by atoms with Gasteiger partial charge in [0.1, 0.15) is 0 Å². The molecule has 1 aliphatic heterocycles. The van der Waals surface area contributed by atoms with Crippen LogP contribution in [-0.4, -0.2) is 35.2 Å². The number of amides is 1. The van der Waals surface area contributed by atoms with Crippen LogP contribution in [0.15, 0.2) is 24.3 Å². The molecule has 2 aliphatic rings. The second-order valence-corrected chi connectivity index (χ2v) is 6.65. The molecule has 3 rings (SSSR count). The van der Waals surface area contributed by atoms with Crippen molar-refractivity contribution in [2.45, 2.75) is 50.7 Å². The molecule has 1 aliphatic carbocycles. The molecule has 0 bridgehead atoms. The molecule has 124 valence electrons. The van der Waals surface area contributed by atoms with Gasteiger partial charge < -0.3 is 15.2 Å². The molecule has 1 heterocycles. The topological polar surface area (TPSA) is 75.6 Å². The molecule has 1 atom stereocenters. The van der Waals surface area contributed by atoms with E-state index in [1.807, 2.05) is 31.2 Å². The van der Waals surface area contributed by atoms with E-state index in [1.165, 1.54) is 0 Å². The van der Waals surface area contributed by atoms with Crippen molar-refractivity contribution in [3.05, 3.63) is 35.4 Å². The van der Waals surface area contributed by atoms with Gasteiger partial charge in [0.05, 0.1) is 11.5 Å². The predicted molar refractivity (Wildman–Crippen MR) is 85.4 cm³/mol. The van der Waals surface area contributed by atoms with Crippen molar-refractivity contribution in [2.75, 3.05) is 6.61 Å². The van der Waals surface area contributed by atoms with E-state index < -0.39 is 5.97 Å². The summed E-state index contributed by atoms with van der Waals surface area (Å²) >= 11 is 0. The molecule has 1 aromatic rings. The van der Waals surface area contributed by atoms with Crippen LogP contribution in [0.5, 0.6) is 0 Å². The summed E-state index contributed by atoms with van der Waals surface area (Å²) in [5.41, 5.74) is 1.43. The molecule has 0 aromatic heterocycles. The average molecular weight is 317 g/mol. The molecule has 1 aromatic carbocycles. The fraction of sp³-hybridized carbons (Fsp3) is 0.556. The molecule has 5 nitrogen and oxygen atoms in total. The van der Waals surface area contributed by atoms with E-state index in [0.717, 1.165) is 24.0 Å². The van der Waals surface area contributed by atoms with Gasteiger partial charge in [-0.25, -0.2) is 0 Å². The number of hydrogen-bond donors (Lipinski definition) is 2. The molecule has 23 heavy (non-hydrogen) atoms. The van der Waals surface area contributed by atoms with Gasteiger partial charge in [0, 0.05) is 18.2 Å². The minimum atomic E-state index is -0.748. The molecule has 2 fully saturated rings. The Kier molecular flexibility index (Phi) is 4.39. The summed E-state index contributed by atoms with van der Waals surface area (Å²) in [5, 5.41) is 12.2. The van der Waals surface area contributed by atoms with Gasteiger partial charge in [-0.1, -0.05) is 25.1 Å². The number of rotatable bonds is 4. The Morgan fingerprint density at radius 1 is 1.30 bits per heavy atom. The number of carbonyl (C=O) groups is 2. The van der Waals surface area contributed by atoms with Crippen molar-refractivity contribution in [3.8, 4) is 0 Å². The summed E-state index contributed by atoms with van der Waals surface area (Å²) in [5.74, 6) is -1.09. The fourth-order valence-corrected chi connectivity index (χ4v) is 3.76. The van der Waals surface area contributed by atoms with Crippen LogP contribution in [0.4, 0.5) is 0 Å². The Bertz CT molecular complexity index is 607. The Balaban J connectivity index is 1.62. The molecular formula is C18H23NO4. The molecule has 1 saturated carbocycles. The van der Waals surface area contributed by atoms with E-state index in [9.17, 15) is 9.59 Å². The Labute approximate surface area is 136 Å². The Hall–Kier alpha value is -1.88. The van der Waals surface area contributed by atoms with Gasteiger partial charge in [-0.05, 0) is 43.7 Å². The molecule has 1 unspecified atom stereocenters. The summed E-state index contributed by atoms with van der Waals surface area (Å²) in [7, 11) is 0. The summed E-state index contributed by atoms with van der Waals surface area (Å²) in [6, 6.07) is 7.70. The molecule has 1 spiro atoms. The van der Waals surface area contributed by atoms with Crippen LogP contribution >= 0.6 is 0 Å². The van der Waals surface area contributed by atoms with Crippen LogP contribution in [0.25, 0.3) is 0 Å². The number of aryl methyl sites for hydroxylation is 1. The predicted octanol–water partition coefficient (Wildman–Crippen LogP) is 2.39. The average Bonchev–Trinajstić information content (AvgIpc) is 2.52. The summed E-state index contributed by atoms with van der Waals surface area (Å²) < 4.78 is 5.83. The van der Waals surface area contributed by atoms with E-state index in [2.05, 4.69) is 5.32 Å². The van der Waals surface area contributed by atoms with E-state index in [4.69, 9.17) is 9.84 Å². The van der Waals surface area contributed by atoms with Gasteiger partial charge in [0.15, 0.2) is 0 Å². The van der Waals surface area contributed by atoms with Crippen molar-refractivity contribution in [3.63, 3.8) is 0 Å². The summed E-state index contributed by atoms with van der Waals surface area (Å²) in [6.45, 7) is 2.61. The first kappa shape index (κ1) is 16.0. The lowest BCUT2D eigenvalue weighted by atomic mass is 9.66. The van der Waals surface area contributed by atoms with E-state index >= 15 is 0 Å². The van der Waals surface area contributed by atoms with E-state index in [0.29, 0.717) is 25.9 Å². The number of carbonyl (C=O) groups excluding carboxylic acids is 1. The third-order valence-electron chi connectivity index (χ3n) is 5.06. The van der Waals surface area contributed by atoms with Crippen LogP contribution in [0.2, 0.25) is 0 Å². The molecular weight excluding hydrogens is 294 g/mol. The first-order valence-electron chi connectivity index (χ1n) is 8.28. The zero-order valence-electron chi connectivity index (χ0n) is 13.4.